The van der Waals surface area contributed by atoms with Gasteiger partial charge in [0.25, 0.3) is 0 Å². The van der Waals surface area contributed by atoms with Crippen LogP contribution >= 0.6 is 0 Å². The Morgan fingerprint density at radius 2 is 0.789 bits per heavy atom. The third-order valence-corrected chi connectivity index (χ3v) is 3.56. The topological polar surface area (TPSA) is 0 Å². The number of hydrogen-bond donors (Lipinski definition) is 0. The maximum absolute atomic E-state index is 2.21. The average Bonchev–Trinajstić information content (AvgIpc) is 2.35. The van der Waals surface area contributed by atoms with Crippen LogP contribution in [0.3, 0.4) is 0 Å². The van der Waals surface area contributed by atoms with Gasteiger partial charge in [0.15, 0.2) is 0 Å². The molecule has 0 fully saturated rings. The zero-order chi connectivity index (χ0) is 13.5. The molecule has 100 valence electrons. The largest absolute Gasteiger partial charge is 0.0656 e. The highest BCUT2D eigenvalue weighted by molar-refractivity contribution is 5.35. The van der Waals surface area contributed by atoms with Gasteiger partial charge in [-0.25, -0.2) is 0 Å². The first-order valence-electron chi connectivity index (χ1n) is 7.48. The average molecular weight is 252 g/mol. The fourth-order valence-electron chi connectivity index (χ4n) is 2.28. The Morgan fingerprint density at radius 3 is 0.895 bits per heavy atom. The molecule has 0 saturated heterocycles. The van der Waals surface area contributed by atoms with Crippen LogP contribution in [-0.2, 0) is 25.7 Å². The zero-order valence-electron chi connectivity index (χ0n) is 12.2. The second-order valence-electron chi connectivity index (χ2n) is 5.24. The summed E-state index contributed by atoms with van der Waals surface area (Å²) >= 11 is 0. The van der Waals surface area contributed by atoms with Gasteiger partial charge in [-0.2, -0.15) is 0 Å². The normalized spacial score (nSPS) is 13.2. The second-order valence-corrected chi connectivity index (χ2v) is 5.24. The molecule has 0 heteroatoms. The van der Waals surface area contributed by atoms with Gasteiger partial charge in [-0.3, -0.25) is 0 Å². The minimum absolute atomic E-state index is 1.25. The van der Waals surface area contributed by atoms with Crippen LogP contribution in [0.5, 0.6) is 0 Å². The van der Waals surface area contributed by atoms with E-state index in [4.69, 9.17) is 0 Å². The highest BCUT2D eigenvalue weighted by Gasteiger charge is 2.09. The van der Waals surface area contributed by atoms with Gasteiger partial charge in [-0.05, 0) is 47.9 Å². The predicted octanol–water partition coefficient (Wildman–Crippen LogP) is 4.99. The molecule has 2 aliphatic carbocycles. The summed E-state index contributed by atoms with van der Waals surface area (Å²) in [5, 5.41) is 0. The van der Waals surface area contributed by atoms with Crippen molar-refractivity contribution >= 4 is 0 Å². The van der Waals surface area contributed by atoms with Gasteiger partial charge >= 0.3 is 0 Å². The Morgan fingerprint density at radius 1 is 0.579 bits per heavy atom. The van der Waals surface area contributed by atoms with Gasteiger partial charge in [0.05, 0.1) is 0 Å². The quantitative estimate of drug-likeness (QED) is 0.620. The molecular weight excluding hydrogens is 228 g/mol. The molecule has 0 heterocycles. The molecule has 0 radical (unpaired) electrons. The van der Waals surface area contributed by atoms with E-state index in [0.717, 1.165) is 0 Å². The molecule has 2 aliphatic rings. The summed E-state index contributed by atoms with van der Waals surface area (Å²) in [7, 11) is 0. The van der Waals surface area contributed by atoms with Gasteiger partial charge in [0, 0.05) is 0 Å². The second kappa shape index (κ2) is 7.13. The van der Waals surface area contributed by atoms with Crippen LogP contribution in [0, 0.1) is 0 Å². The van der Waals surface area contributed by atoms with E-state index < -0.39 is 0 Å². The summed E-state index contributed by atoms with van der Waals surface area (Å²) in [5.41, 5.74) is 6.19. The van der Waals surface area contributed by atoms with Gasteiger partial charge in [-0.1, -0.05) is 68.8 Å². The van der Waals surface area contributed by atoms with Crippen molar-refractivity contribution in [2.75, 3.05) is 0 Å². The maximum Gasteiger partial charge on any atom is -0.0235 e. The van der Waals surface area contributed by atoms with Crippen molar-refractivity contribution in [3.05, 3.63) is 70.8 Å². The van der Waals surface area contributed by atoms with E-state index >= 15 is 0 Å². The molecule has 0 nitrogen and oxygen atoms in total. The Hall–Kier alpha value is -1.56. The van der Waals surface area contributed by atoms with E-state index in [-0.39, 0.29) is 0 Å². The molecule has 2 aromatic carbocycles. The predicted molar refractivity (Wildman–Crippen MR) is 83.7 cm³/mol. The lowest BCUT2D eigenvalue weighted by atomic mass is 9.89. The fourth-order valence-corrected chi connectivity index (χ4v) is 2.28. The summed E-state index contributed by atoms with van der Waals surface area (Å²) in [6.07, 6.45) is 6.46. The van der Waals surface area contributed by atoms with Gasteiger partial charge in [0.1, 0.15) is 0 Å². The van der Waals surface area contributed by atoms with E-state index in [9.17, 15) is 0 Å². The molecule has 19 heavy (non-hydrogen) atoms. The van der Waals surface area contributed by atoms with Crippen molar-refractivity contribution in [2.45, 2.75) is 46.0 Å². The molecule has 0 amide bonds. The first-order chi connectivity index (χ1) is 9.35. The van der Waals surface area contributed by atoms with E-state index in [1.807, 2.05) is 0 Å². The molecule has 0 saturated carbocycles. The lowest BCUT2D eigenvalue weighted by molar-refractivity contribution is 0.839. The Kier molecular flexibility index (Phi) is 5.20. The third-order valence-electron chi connectivity index (χ3n) is 3.56. The number of hydrogen-bond acceptors (Lipinski definition) is 0. The number of fused-ring (bicyclic) bond motifs is 2. The molecule has 0 aromatic heterocycles. The SMILES string of the molecule is CCC.c1ccc2c(c1)CC2.c1ccc2c(c1)CC2. The van der Waals surface area contributed by atoms with Crippen LogP contribution in [-0.4, -0.2) is 0 Å². The standard InChI is InChI=1S/2C8H8.C3H8/c2*1-2-4-8-6-5-7(8)3-1;1-3-2/h2*1-4H,5-6H2;3H2,1-2H3. The van der Waals surface area contributed by atoms with Crippen LogP contribution in [0.4, 0.5) is 0 Å². The first kappa shape index (κ1) is 13.9. The van der Waals surface area contributed by atoms with Gasteiger partial charge < -0.3 is 0 Å². The van der Waals surface area contributed by atoms with E-state index in [1.165, 1.54) is 32.1 Å². The van der Waals surface area contributed by atoms with Crippen molar-refractivity contribution in [1.82, 2.24) is 0 Å². The van der Waals surface area contributed by atoms with Crippen LogP contribution in [0.2, 0.25) is 0 Å². The monoisotopic (exact) mass is 252 g/mol. The lowest BCUT2D eigenvalue weighted by Crippen LogP contribution is -2.06. The van der Waals surface area contributed by atoms with Crippen LogP contribution in [0.1, 0.15) is 42.5 Å². The summed E-state index contributed by atoms with van der Waals surface area (Å²) in [6, 6.07) is 17.3. The van der Waals surface area contributed by atoms with E-state index in [0.29, 0.717) is 0 Å². The number of benzene rings is 2. The number of rotatable bonds is 0. The zero-order valence-corrected chi connectivity index (χ0v) is 12.2. The summed E-state index contributed by atoms with van der Waals surface area (Å²) < 4.78 is 0. The summed E-state index contributed by atoms with van der Waals surface area (Å²) in [6.45, 7) is 4.25. The highest BCUT2D eigenvalue weighted by Crippen LogP contribution is 2.21. The Labute approximate surface area is 117 Å². The molecule has 0 unspecified atom stereocenters. The molecule has 0 N–H and O–H groups in total. The van der Waals surface area contributed by atoms with Crippen LogP contribution in [0.15, 0.2) is 48.5 Å². The van der Waals surface area contributed by atoms with Crippen molar-refractivity contribution in [3.8, 4) is 0 Å². The molecule has 2 aromatic rings. The van der Waals surface area contributed by atoms with Crippen molar-refractivity contribution in [2.24, 2.45) is 0 Å². The summed E-state index contributed by atoms with van der Waals surface area (Å²) in [4.78, 5) is 0. The van der Waals surface area contributed by atoms with Gasteiger partial charge in [0.2, 0.25) is 0 Å². The molecule has 0 atom stereocenters. The molecule has 0 aliphatic heterocycles. The minimum Gasteiger partial charge on any atom is -0.0656 e. The van der Waals surface area contributed by atoms with Crippen molar-refractivity contribution in [1.29, 1.82) is 0 Å². The Bertz CT molecular complexity index is 417. The fraction of sp³-hybridized carbons (Fsp3) is 0.368. The van der Waals surface area contributed by atoms with Crippen molar-refractivity contribution in [3.63, 3.8) is 0 Å². The molecule has 0 bridgehead atoms. The molecular formula is C19H24. The smallest absolute Gasteiger partial charge is 0.0235 e. The van der Waals surface area contributed by atoms with Gasteiger partial charge in [-0.15, -0.1) is 0 Å². The van der Waals surface area contributed by atoms with Crippen LogP contribution < -0.4 is 0 Å². The van der Waals surface area contributed by atoms with E-state index in [2.05, 4.69) is 62.4 Å². The maximum atomic E-state index is 2.21. The molecule has 0 spiro atoms. The highest BCUT2D eigenvalue weighted by atomic mass is 14.1. The number of aryl methyl sites for hydroxylation is 4. The Balaban J connectivity index is 0.000000117. The van der Waals surface area contributed by atoms with Crippen LogP contribution in [0.25, 0.3) is 0 Å². The third kappa shape index (κ3) is 3.70. The van der Waals surface area contributed by atoms with Crippen molar-refractivity contribution < 1.29 is 0 Å². The first-order valence-corrected chi connectivity index (χ1v) is 7.48. The van der Waals surface area contributed by atoms with E-state index in [1.54, 1.807) is 22.3 Å². The lowest BCUT2D eigenvalue weighted by Gasteiger charge is -2.16. The summed E-state index contributed by atoms with van der Waals surface area (Å²) in [5.74, 6) is 0. The minimum atomic E-state index is 1.25. The molecule has 4 rings (SSSR count).